The van der Waals surface area contributed by atoms with Crippen LogP contribution >= 0.6 is 0 Å². The molecule has 1 N–H and O–H groups in total. The predicted octanol–water partition coefficient (Wildman–Crippen LogP) is 1.19. The Bertz CT molecular complexity index is 170. The molecule has 1 aliphatic rings. The van der Waals surface area contributed by atoms with Crippen molar-refractivity contribution in [3.63, 3.8) is 0 Å². The zero-order chi connectivity index (χ0) is 9.14. The molecule has 0 saturated carbocycles. The van der Waals surface area contributed by atoms with E-state index in [1.54, 1.807) is 0 Å². The summed E-state index contributed by atoms with van der Waals surface area (Å²) < 4.78 is 0. The van der Waals surface area contributed by atoms with E-state index >= 15 is 0 Å². The van der Waals surface area contributed by atoms with Gasteiger partial charge in [0.25, 0.3) is 0 Å². The molecule has 0 radical (unpaired) electrons. The quantitative estimate of drug-likeness (QED) is 0.690. The van der Waals surface area contributed by atoms with Crippen molar-refractivity contribution in [2.75, 3.05) is 13.1 Å². The van der Waals surface area contributed by atoms with Crippen molar-refractivity contribution < 1.29 is 9.90 Å². The maximum Gasteiger partial charge on any atom is 0.307 e. The van der Waals surface area contributed by atoms with Crippen molar-refractivity contribution >= 4 is 5.97 Å². The Morgan fingerprint density at radius 3 is 2.67 bits per heavy atom. The lowest BCUT2D eigenvalue weighted by Gasteiger charge is -2.39. The first-order valence-electron chi connectivity index (χ1n) is 4.62. The number of carboxylic acids is 1. The summed E-state index contributed by atoms with van der Waals surface area (Å²) in [5.41, 5.74) is 0. The maximum atomic E-state index is 10.7. The fourth-order valence-electron chi connectivity index (χ4n) is 1.51. The van der Waals surface area contributed by atoms with Gasteiger partial charge >= 0.3 is 5.97 Å². The highest BCUT2D eigenvalue weighted by Gasteiger charge is 2.27. The second kappa shape index (κ2) is 3.90. The minimum Gasteiger partial charge on any atom is -0.481 e. The van der Waals surface area contributed by atoms with Crippen LogP contribution in [0.1, 0.15) is 26.7 Å². The van der Waals surface area contributed by atoms with E-state index in [0.717, 1.165) is 19.5 Å². The van der Waals surface area contributed by atoms with Crippen LogP contribution in [0.4, 0.5) is 0 Å². The Morgan fingerprint density at radius 1 is 1.75 bits per heavy atom. The Hall–Kier alpha value is -0.570. The molecule has 0 bridgehead atoms. The van der Waals surface area contributed by atoms with Crippen LogP contribution in [-0.4, -0.2) is 35.1 Å². The number of hydrogen-bond donors (Lipinski definition) is 1. The minimum absolute atomic E-state index is 0.173. The van der Waals surface area contributed by atoms with Crippen LogP contribution < -0.4 is 0 Å². The molecule has 1 fully saturated rings. The van der Waals surface area contributed by atoms with Crippen LogP contribution in [0, 0.1) is 5.92 Å². The van der Waals surface area contributed by atoms with Crippen molar-refractivity contribution in [3.8, 4) is 0 Å². The molecule has 70 valence electrons. The molecule has 12 heavy (non-hydrogen) atoms. The van der Waals surface area contributed by atoms with Gasteiger partial charge in [0.1, 0.15) is 0 Å². The molecule has 2 unspecified atom stereocenters. The zero-order valence-electron chi connectivity index (χ0n) is 7.79. The number of likely N-dealkylation sites (tertiary alicyclic amines) is 1. The molecular formula is C9H17NO2. The van der Waals surface area contributed by atoms with Gasteiger partial charge in [0.05, 0.1) is 5.92 Å². The van der Waals surface area contributed by atoms with E-state index in [1.807, 2.05) is 6.92 Å². The lowest BCUT2D eigenvalue weighted by Crippen LogP contribution is -2.48. The second-order valence-corrected chi connectivity index (χ2v) is 3.58. The van der Waals surface area contributed by atoms with Gasteiger partial charge in [-0.15, -0.1) is 0 Å². The van der Waals surface area contributed by atoms with Crippen LogP contribution in [0.25, 0.3) is 0 Å². The highest BCUT2D eigenvalue weighted by molar-refractivity contribution is 5.70. The first-order valence-corrected chi connectivity index (χ1v) is 4.62. The van der Waals surface area contributed by atoms with Gasteiger partial charge < -0.3 is 5.11 Å². The average molecular weight is 171 g/mol. The number of rotatable bonds is 4. The first kappa shape index (κ1) is 9.52. The standard InChI is InChI=1S/C9H17NO2/c1-3-8(9(11)12)6-10-5-4-7(10)2/h7-8H,3-6H2,1-2H3,(H,11,12). The molecule has 1 aliphatic heterocycles. The van der Waals surface area contributed by atoms with Gasteiger partial charge in [-0.1, -0.05) is 6.92 Å². The molecule has 1 rings (SSSR count). The molecule has 1 saturated heterocycles. The third-order valence-electron chi connectivity index (χ3n) is 2.75. The molecule has 0 aromatic carbocycles. The molecule has 0 aromatic heterocycles. The van der Waals surface area contributed by atoms with E-state index < -0.39 is 5.97 Å². The molecular weight excluding hydrogens is 154 g/mol. The van der Waals surface area contributed by atoms with Crippen molar-refractivity contribution in [2.24, 2.45) is 5.92 Å². The van der Waals surface area contributed by atoms with Crippen LogP contribution in [0.5, 0.6) is 0 Å². The molecule has 3 nitrogen and oxygen atoms in total. The van der Waals surface area contributed by atoms with Crippen molar-refractivity contribution in [2.45, 2.75) is 32.7 Å². The van der Waals surface area contributed by atoms with Gasteiger partial charge in [0.2, 0.25) is 0 Å². The lowest BCUT2D eigenvalue weighted by atomic mass is 10.00. The molecule has 0 spiro atoms. The summed E-state index contributed by atoms with van der Waals surface area (Å²) in [6, 6.07) is 0.596. The van der Waals surface area contributed by atoms with E-state index in [4.69, 9.17) is 5.11 Å². The van der Waals surface area contributed by atoms with E-state index in [0.29, 0.717) is 6.04 Å². The van der Waals surface area contributed by atoms with Crippen LogP contribution in [-0.2, 0) is 4.79 Å². The molecule has 3 heteroatoms. The summed E-state index contributed by atoms with van der Waals surface area (Å²) in [6.45, 7) is 5.89. The Kier molecular flexibility index (Phi) is 3.09. The molecule has 0 amide bonds. The maximum absolute atomic E-state index is 10.7. The van der Waals surface area contributed by atoms with Crippen molar-refractivity contribution in [1.29, 1.82) is 0 Å². The molecule has 0 aromatic rings. The summed E-state index contributed by atoms with van der Waals surface area (Å²) in [7, 11) is 0. The number of nitrogens with zero attached hydrogens (tertiary/aromatic N) is 1. The summed E-state index contributed by atoms with van der Waals surface area (Å²) in [6.07, 6.45) is 1.95. The highest BCUT2D eigenvalue weighted by Crippen LogP contribution is 2.19. The van der Waals surface area contributed by atoms with E-state index in [1.165, 1.54) is 6.42 Å². The number of aliphatic carboxylic acids is 1. The fourth-order valence-corrected chi connectivity index (χ4v) is 1.51. The van der Waals surface area contributed by atoms with Gasteiger partial charge in [-0.2, -0.15) is 0 Å². The Labute approximate surface area is 73.4 Å². The minimum atomic E-state index is -0.656. The van der Waals surface area contributed by atoms with Crippen molar-refractivity contribution in [3.05, 3.63) is 0 Å². The Balaban J connectivity index is 2.32. The fraction of sp³-hybridized carbons (Fsp3) is 0.889. The smallest absolute Gasteiger partial charge is 0.307 e. The van der Waals surface area contributed by atoms with E-state index in [9.17, 15) is 4.79 Å². The molecule has 2 atom stereocenters. The lowest BCUT2D eigenvalue weighted by molar-refractivity contribution is -0.143. The molecule has 0 aliphatic carbocycles. The highest BCUT2D eigenvalue weighted by atomic mass is 16.4. The zero-order valence-corrected chi connectivity index (χ0v) is 7.79. The van der Waals surface area contributed by atoms with E-state index in [2.05, 4.69) is 11.8 Å². The van der Waals surface area contributed by atoms with Gasteiger partial charge in [-0.25, -0.2) is 0 Å². The largest absolute Gasteiger partial charge is 0.481 e. The topological polar surface area (TPSA) is 40.5 Å². The third kappa shape index (κ3) is 1.97. The van der Waals surface area contributed by atoms with Gasteiger partial charge in [0, 0.05) is 12.6 Å². The number of hydrogen-bond acceptors (Lipinski definition) is 2. The first-order chi connectivity index (χ1) is 5.65. The van der Waals surface area contributed by atoms with Crippen LogP contribution in [0.15, 0.2) is 0 Å². The summed E-state index contributed by atoms with van der Waals surface area (Å²) >= 11 is 0. The van der Waals surface area contributed by atoms with Gasteiger partial charge in [-0.3, -0.25) is 9.69 Å². The SMILES string of the molecule is CCC(CN1CCC1C)C(=O)O. The molecule has 1 heterocycles. The van der Waals surface area contributed by atoms with Gasteiger partial charge in [-0.05, 0) is 26.3 Å². The average Bonchev–Trinajstić information content (AvgIpc) is 2.02. The third-order valence-corrected chi connectivity index (χ3v) is 2.75. The Morgan fingerprint density at radius 2 is 2.42 bits per heavy atom. The summed E-state index contributed by atoms with van der Waals surface area (Å²) in [5.74, 6) is -0.829. The van der Waals surface area contributed by atoms with Crippen LogP contribution in [0.2, 0.25) is 0 Å². The van der Waals surface area contributed by atoms with Gasteiger partial charge in [0.15, 0.2) is 0 Å². The summed E-state index contributed by atoms with van der Waals surface area (Å²) in [4.78, 5) is 12.9. The monoisotopic (exact) mass is 171 g/mol. The predicted molar refractivity (Wildman–Crippen MR) is 47.1 cm³/mol. The number of carboxylic acid groups (broad SMARTS) is 1. The number of carbonyl (C=O) groups is 1. The normalized spacial score (nSPS) is 26.3. The van der Waals surface area contributed by atoms with E-state index in [-0.39, 0.29) is 5.92 Å². The van der Waals surface area contributed by atoms with Crippen LogP contribution in [0.3, 0.4) is 0 Å². The second-order valence-electron chi connectivity index (χ2n) is 3.58. The summed E-state index contributed by atoms with van der Waals surface area (Å²) in [5, 5.41) is 8.80. The van der Waals surface area contributed by atoms with Crippen molar-refractivity contribution in [1.82, 2.24) is 4.90 Å².